The molecule has 4 heteroatoms. The number of carbonyl (C=O) groups excluding carboxylic acids is 1. The van der Waals surface area contributed by atoms with Gasteiger partial charge in [-0.05, 0) is 26.7 Å². The predicted molar refractivity (Wildman–Crippen MR) is 131 cm³/mol. The van der Waals surface area contributed by atoms with Crippen LogP contribution in [-0.4, -0.2) is 38.5 Å². The number of unbranched alkanes of at least 4 members (excludes halogenated alkanes) is 7. The maximum absolute atomic E-state index is 11.8. The van der Waals surface area contributed by atoms with Crippen LogP contribution in [0.4, 0.5) is 0 Å². The molecule has 0 radical (unpaired) electrons. The molecule has 0 aromatic carbocycles. The van der Waals surface area contributed by atoms with E-state index in [0.29, 0.717) is 26.4 Å². The fourth-order valence-electron chi connectivity index (χ4n) is 2.73. The third-order valence-electron chi connectivity index (χ3n) is 4.42. The molecule has 0 unspecified atom stereocenters. The van der Waals surface area contributed by atoms with Crippen molar-refractivity contribution in [2.24, 2.45) is 0 Å². The van der Waals surface area contributed by atoms with Crippen LogP contribution in [-0.2, 0) is 19.0 Å². The molecular weight excluding hydrogens is 388 g/mol. The van der Waals surface area contributed by atoms with Gasteiger partial charge in [0.1, 0.15) is 6.10 Å². The van der Waals surface area contributed by atoms with Crippen LogP contribution in [0.15, 0.2) is 60.8 Å². The summed E-state index contributed by atoms with van der Waals surface area (Å²) < 4.78 is 16.0. The Hall–Kier alpha value is -1.91. The number of rotatable bonds is 20. The Labute approximate surface area is 190 Å². The molecule has 0 amide bonds. The van der Waals surface area contributed by atoms with Crippen LogP contribution in [0.25, 0.3) is 0 Å². The Bertz CT molecular complexity index is 535. The van der Waals surface area contributed by atoms with Crippen molar-refractivity contribution in [3.05, 3.63) is 60.8 Å². The van der Waals surface area contributed by atoms with Crippen LogP contribution in [0, 0.1) is 0 Å². The van der Waals surface area contributed by atoms with E-state index in [-0.39, 0.29) is 6.10 Å². The van der Waals surface area contributed by atoms with Crippen molar-refractivity contribution < 1.29 is 19.0 Å². The first-order chi connectivity index (χ1) is 15.2. The van der Waals surface area contributed by atoms with Crippen molar-refractivity contribution in [2.75, 3.05) is 26.4 Å². The Morgan fingerprint density at radius 3 is 1.77 bits per heavy atom. The number of carbonyl (C=O) groups is 1. The molecule has 0 saturated carbocycles. The fourth-order valence-corrected chi connectivity index (χ4v) is 2.73. The average molecular weight is 433 g/mol. The van der Waals surface area contributed by atoms with E-state index in [2.05, 4.69) is 19.1 Å². The van der Waals surface area contributed by atoms with Gasteiger partial charge < -0.3 is 14.2 Å². The Morgan fingerprint density at radius 2 is 1.19 bits per heavy atom. The first kappa shape index (κ1) is 29.1. The average Bonchev–Trinajstić information content (AvgIpc) is 2.77. The summed E-state index contributed by atoms with van der Waals surface area (Å²) in [6.45, 7) is 7.90. The molecule has 0 aliphatic heterocycles. The molecule has 0 fully saturated rings. The molecule has 0 atom stereocenters. The van der Waals surface area contributed by atoms with Crippen molar-refractivity contribution in [3.8, 4) is 0 Å². The van der Waals surface area contributed by atoms with Gasteiger partial charge in [0.15, 0.2) is 0 Å². The second-order valence-corrected chi connectivity index (χ2v) is 7.23. The lowest BCUT2D eigenvalue weighted by molar-refractivity contribution is -0.149. The highest BCUT2D eigenvalue weighted by Crippen LogP contribution is 2.08. The van der Waals surface area contributed by atoms with Gasteiger partial charge in [-0.3, -0.25) is 0 Å². The van der Waals surface area contributed by atoms with Gasteiger partial charge in [-0.15, -0.1) is 0 Å². The second kappa shape index (κ2) is 24.4. The smallest absolute Gasteiger partial charge is 0.331 e. The van der Waals surface area contributed by atoms with E-state index in [9.17, 15) is 4.79 Å². The lowest BCUT2D eigenvalue weighted by Gasteiger charge is -2.16. The van der Waals surface area contributed by atoms with Crippen LogP contribution in [0.2, 0.25) is 0 Å². The van der Waals surface area contributed by atoms with Gasteiger partial charge in [0.05, 0.1) is 13.2 Å². The highest BCUT2D eigenvalue weighted by Gasteiger charge is 2.12. The lowest BCUT2D eigenvalue weighted by atomic mass is 10.1. The summed E-state index contributed by atoms with van der Waals surface area (Å²) in [5, 5.41) is 0. The molecule has 4 nitrogen and oxygen atoms in total. The molecule has 0 rings (SSSR count). The summed E-state index contributed by atoms with van der Waals surface area (Å²) in [5.41, 5.74) is 0. The van der Waals surface area contributed by atoms with E-state index < -0.39 is 5.97 Å². The summed E-state index contributed by atoms with van der Waals surface area (Å²) in [6, 6.07) is 0. The van der Waals surface area contributed by atoms with E-state index in [0.717, 1.165) is 6.42 Å². The largest absolute Gasteiger partial charge is 0.454 e. The van der Waals surface area contributed by atoms with Crippen LogP contribution < -0.4 is 0 Å². The van der Waals surface area contributed by atoms with Crippen molar-refractivity contribution in [2.45, 2.75) is 78.2 Å². The molecule has 0 saturated heterocycles. The zero-order valence-electron chi connectivity index (χ0n) is 20.0. The summed E-state index contributed by atoms with van der Waals surface area (Å²) in [7, 11) is 0. The van der Waals surface area contributed by atoms with Gasteiger partial charge in [-0.2, -0.15) is 0 Å². The van der Waals surface area contributed by atoms with Crippen LogP contribution >= 0.6 is 0 Å². The number of ether oxygens (including phenoxy) is 3. The van der Waals surface area contributed by atoms with Crippen molar-refractivity contribution in [3.63, 3.8) is 0 Å². The Kier molecular flexibility index (Phi) is 22.9. The molecule has 176 valence electrons. The molecule has 0 spiro atoms. The minimum atomic E-state index is -0.399. The van der Waals surface area contributed by atoms with E-state index >= 15 is 0 Å². The highest BCUT2D eigenvalue weighted by molar-refractivity contribution is 5.82. The fraction of sp³-hybridized carbons (Fsp3) is 0.593. The minimum Gasteiger partial charge on any atom is -0.454 e. The molecule has 0 aromatic rings. The number of esters is 1. The van der Waals surface area contributed by atoms with Gasteiger partial charge in [-0.1, -0.05) is 100 Å². The maximum atomic E-state index is 11.8. The zero-order valence-corrected chi connectivity index (χ0v) is 20.0. The van der Waals surface area contributed by atoms with Crippen LogP contribution in [0.1, 0.15) is 72.1 Å². The van der Waals surface area contributed by atoms with E-state index in [1.165, 1.54) is 51.0 Å². The third-order valence-corrected chi connectivity index (χ3v) is 4.42. The van der Waals surface area contributed by atoms with Crippen molar-refractivity contribution >= 4 is 5.97 Å². The predicted octanol–water partition coefficient (Wildman–Crippen LogP) is 6.89. The number of allylic oxidation sites excluding steroid dienone is 9. The highest BCUT2D eigenvalue weighted by atomic mass is 16.6. The standard InChI is InChI=1S/C27H44O4/c1-4-7-8-9-10-11-12-13-14-15-16-17-18-19-20-21-22-23-27(28)31-26(24-29-5-2)25-30-6-3/h14-23,26H,4-13,24-25H2,1-3H3/b15-14+,17-16+,19-18+,21-20+,23-22+. The van der Waals surface area contributed by atoms with Crippen LogP contribution in [0.5, 0.6) is 0 Å². The third kappa shape index (κ3) is 22.6. The zero-order chi connectivity index (χ0) is 22.8. The monoisotopic (exact) mass is 432 g/mol. The summed E-state index contributed by atoms with van der Waals surface area (Å²) in [4.78, 5) is 11.8. The van der Waals surface area contributed by atoms with E-state index in [1.807, 2.05) is 44.2 Å². The number of hydrogen-bond acceptors (Lipinski definition) is 4. The van der Waals surface area contributed by atoms with Gasteiger partial charge >= 0.3 is 5.97 Å². The first-order valence-electron chi connectivity index (χ1n) is 11.9. The topological polar surface area (TPSA) is 44.8 Å². The first-order valence-corrected chi connectivity index (χ1v) is 11.9. The molecule has 31 heavy (non-hydrogen) atoms. The summed E-state index contributed by atoms with van der Waals surface area (Å²) >= 11 is 0. The SMILES string of the molecule is CCCCCCCCC/C=C/C=C/C=C/C=C/C=C/C(=O)OC(COCC)COCC. The van der Waals surface area contributed by atoms with E-state index in [1.54, 1.807) is 12.2 Å². The lowest BCUT2D eigenvalue weighted by Crippen LogP contribution is -2.28. The molecule has 0 N–H and O–H groups in total. The molecule has 0 bridgehead atoms. The van der Waals surface area contributed by atoms with Gasteiger partial charge in [0.25, 0.3) is 0 Å². The molecular formula is C27H44O4. The quantitative estimate of drug-likeness (QED) is 0.0909. The second-order valence-electron chi connectivity index (χ2n) is 7.23. The normalized spacial score (nSPS) is 12.6. The van der Waals surface area contributed by atoms with Gasteiger partial charge in [-0.25, -0.2) is 4.79 Å². The van der Waals surface area contributed by atoms with Gasteiger partial charge in [0, 0.05) is 19.3 Å². The molecule has 0 heterocycles. The van der Waals surface area contributed by atoms with E-state index in [4.69, 9.17) is 14.2 Å². The molecule has 0 aliphatic carbocycles. The minimum absolute atomic E-state index is 0.342. The van der Waals surface area contributed by atoms with Crippen LogP contribution in [0.3, 0.4) is 0 Å². The van der Waals surface area contributed by atoms with Gasteiger partial charge in [0.2, 0.25) is 0 Å². The Balaban J connectivity index is 3.91. The Morgan fingerprint density at radius 1 is 0.677 bits per heavy atom. The van der Waals surface area contributed by atoms with Crippen molar-refractivity contribution in [1.82, 2.24) is 0 Å². The molecule has 0 aliphatic rings. The maximum Gasteiger partial charge on any atom is 0.331 e. The van der Waals surface area contributed by atoms with Crippen molar-refractivity contribution in [1.29, 1.82) is 0 Å². The summed E-state index contributed by atoms with van der Waals surface area (Å²) in [6.07, 6.45) is 29.2. The summed E-state index contributed by atoms with van der Waals surface area (Å²) in [5.74, 6) is -0.399. The molecule has 0 aromatic heterocycles. The number of hydrogen-bond donors (Lipinski definition) is 0.